The molecule has 2 aromatic heterocycles. The Labute approximate surface area is 125 Å². The molecule has 102 valence electrons. The van der Waals surface area contributed by atoms with E-state index in [1.165, 1.54) is 0 Å². The van der Waals surface area contributed by atoms with Gasteiger partial charge in [-0.3, -0.25) is 0 Å². The van der Waals surface area contributed by atoms with Gasteiger partial charge >= 0.3 is 0 Å². The van der Waals surface area contributed by atoms with E-state index >= 15 is 0 Å². The molecular formula is C17H10ClNO2. The van der Waals surface area contributed by atoms with Crippen molar-refractivity contribution in [2.45, 2.75) is 0 Å². The minimum Gasteiger partial charge on any atom is -0.464 e. The number of oxazole rings is 1. The zero-order valence-corrected chi connectivity index (χ0v) is 11.7. The van der Waals surface area contributed by atoms with Crippen molar-refractivity contribution in [3.8, 4) is 22.8 Å². The maximum atomic E-state index is 6.24. The summed E-state index contributed by atoms with van der Waals surface area (Å²) in [5.41, 5.74) is 3.28. The van der Waals surface area contributed by atoms with E-state index in [-0.39, 0.29) is 0 Å². The second-order valence-corrected chi connectivity index (χ2v) is 5.07. The van der Waals surface area contributed by atoms with Crippen LogP contribution in [0.3, 0.4) is 0 Å². The molecular weight excluding hydrogens is 286 g/mol. The van der Waals surface area contributed by atoms with Crippen LogP contribution in [0.15, 0.2) is 69.7 Å². The molecule has 0 saturated heterocycles. The van der Waals surface area contributed by atoms with E-state index in [4.69, 9.17) is 20.4 Å². The summed E-state index contributed by atoms with van der Waals surface area (Å²) in [5, 5.41) is 0.629. The zero-order valence-electron chi connectivity index (χ0n) is 10.9. The highest BCUT2D eigenvalue weighted by Crippen LogP contribution is 2.33. The number of para-hydroxylation sites is 2. The lowest BCUT2D eigenvalue weighted by Gasteiger charge is -2.03. The maximum Gasteiger partial charge on any atom is 0.227 e. The molecule has 0 radical (unpaired) electrons. The zero-order chi connectivity index (χ0) is 14.2. The van der Waals surface area contributed by atoms with Crippen LogP contribution < -0.4 is 0 Å². The molecule has 0 aliphatic carbocycles. The Bertz CT molecular complexity index is 877. The average molecular weight is 296 g/mol. The number of benzene rings is 2. The Morgan fingerprint density at radius 2 is 1.86 bits per heavy atom. The van der Waals surface area contributed by atoms with E-state index in [9.17, 15) is 0 Å². The highest BCUT2D eigenvalue weighted by atomic mass is 35.5. The third-order valence-corrected chi connectivity index (χ3v) is 3.62. The lowest BCUT2D eigenvalue weighted by Crippen LogP contribution is -1.81. The van der Waals surface area contributed by atoms with E-state index < -0.39 is 0 Å². The number of halogens is 1. The summed E-state index contributed by atoms with van der Waals surface area (Å²) >= 11 is 6.24. The van der Waals surface area contributed by atoms with Crippen molar-refractivity contribution in [1.29, 1.82) is 0 Å². The lowest BCUT2D eigenvalue weighted by molar-refractivity contribution is 0.582. The molecule has 0 aliphatic rings. The lowest BCUT2D eigenvalue weighted by atomic mass is 10.1. The summed E-state index contributed by atoms with van der Waals surface area (Å²) in [5.74, 6) is 1.29. The first-order valence-corrected chi connectivity index (χ1v) is 6.88. The van der Waals surface area contributed by atoms with E-state index in [0.29, 0.717) is 10.9 Å². The molecule has 4 heteroatoms. The topological polar surface area (TPSA) is 39.2 Å². The van der Waals surface area contributed by atoms with Crippen LogP contribution in [0.2, 0.25) is 5.02 Å². The van der Waals surface area contributed by atoms with Crippen molar-refractivity contribution < 1.29 is 8.83 Å². The number of nitrogens with zero attached hydrogens (tertiary/aromatic N) is 1. The normalized spacial score (nSPS) is 11.1. The molecule has 0 saturated carbocycles. The largest absolute Gasteiger partial charge is 0.464 e. The minimum absolute atomic E-state index is 0.570. The van der Waals surface area contributed by atoms with Crippen LogP contribution in [-0.2, 0) is 0 Å². The molecule has 0 bridgehead atoms. The van der Waals surface area contributed by atoms with Gasteiger partial charge in [-0.15, -0.1) is 0 Å². The second-order valence-electron chi connectivity index (χ2n) is 4.66. The van der Waals surface area contributed by atoms with Crippen molar-refractivity contribution in [2.24, 2.45) is 0 Å². The van der Waals surface area contributed by atoms with Gasteiger partial charge in [0, 0.05) is 11.1 Å². The van der Waals surface area contributed by atoms with Crippen molar-refractivity contribution in [3.63, 3.8) is 0 Å². The first-order valence-electron chi connectivity index (χ1n) is 6.50. The second kappa shape index (κ2) is 4.79. The standard InChI is InChI=1S/C17H10ClNO2/c18-13-8-7-11(10-12(13)15-6-3-9-20-15)17-19-14-4-1-2-5-16(14)21-17/h1-10H. The highest BCUT2D eigenvalue weighted by Gasteiger charge is 2.12. The number of rotatable bonds is 2. The predicted molar refractivity (Wildman–Crippen MR) is 82.2 cm³/mol. The molecule has 0 aliphatic heterocycles. The summed E-state index contributed by atoms with van der Waals surface area (Å²) in [7, 11) is 0. The molecule has 21 heavy (non-hydrogen) atoms. The SMILES string of the molecule is Clc1ccc(-c2nc3ccccc3o2)cc1-c1ccco1. The number of aromatic nitrogens is 1. The average Bonchev–Trinajstić information content (AvgIpc) is 3.17. The molecule has 0 spiro atoms. The van der Waals surface area contributed by atoms with Crippen LogP contribution in [-0.4, -0.2) is 4.98 Å². The fourth-order valence-electron chi connectivity index (χ4n) is 2.27. The van der Waals surface area contributed by atoms with Gasteiger partial charge in [0.1, 0.15) is 11.3 Å². The summed E-state index contributed by atoms with van der Waals surface area (Å²) in [6.45, 7) is 0. The van der Waals surface area contributed by atoms with Crippen molar-refractivity contribution in [1.82, 2.24) is 4.98 Å². The van der Waals surface area contributed by atoms with Gasteiger partial charge in [0.05, 0.1) is 11.3 Å². The van der Waals surface area contributed by atoms with Gasteiger partial charge in [0.2, 0.25) is 5.89 Å². The molecule has 0 atom stereocenters. The maximum absolute atomic E-state index is 6.24. The first-order chi connectivity index (χ1) is 10.3. The van der Waals surface area contributed by atoms with Crippen molar-refractivity contribution in [3.05, 3.63) is 65.9 Å². The van der Waals surface area contributed by atoms with E-state index in [2.05, 4.69) is 4.98 Å². The Morgan fingerprint density at radius 3 is 2.67 bits per heavy atom. The highest BCUT2D eigenvalue weighted by molar-refractivity contribution is 6.33. The third-order valence-electron chi connectivity index (χ3n) is 3.29. The molecule has 2 aromatic carbocycles. The van der Waals surface area contributed by atoms with E-state index in [0.717, 1.165) is 28.0 Å². The summed E-state index contributed by atoms with van der Waals surface area (Å²) in [4.78, 5) is 4.49. The summed E-state index contributed by atoms with van der Waals surface area (Å²) in [6.07, 6.45) is 1.62. The van der Waals surface area contributed by atoms with Crippen LogP contribution in [0.5, 0.6) is 0 Å². The number of furan rings is 1. The van der Waals surface area contributed by atoms with Gasteiger partial charge in [-0.25, -0.2) is 4.98 Å². The van der Waals surface area contributed by atoms with Crippen LogP contribution in [0.1, 0.15) is 0 Å². The summed E-state index contributed by atoms with van der Waals surface area (Å²) in [6, 6.07) is 17.0. The Balaban J connectivity index is 1.87. The van der Waals surface area contributed by atoms with E-state index in [1.807, 2.05) is 54.6 Å². The summed E-state index contributed by atoms with van der Waals surface area (Å²) < 4.78 is 11.2. The van der Waals surface area contributed by atoms with Crippen LogP contribution in [0.25, 0.3) is 33.9 Å². The smallest absolute Gasteiger partial charge is 0.227 e. The Kier molecular flexibility index (Phi) is 2.79. The Morgan fingerprint density at radius 1 is 0.952 bits per heavy atom. The monoisotopic (exact) mass is 295 g/mol. The van der Waals surface area contributed by atoms with Crippen molar-refractivity contribution >= 4 is 22.7 Å². The predicted octanol–water partition coefficient (Wildman–Crippen LogP) is 5.41. The molecule has 2 heterocycles. The van der Waals surface area contributed by atoms with Crippen LogP contribution in [0, 0.1) is 0 Å². The molecule has 0 amide bonds. The Hall–Kier alpha value is -2.52. The molecule has 4 rings (SSSR count). The quantitative estimate of drug-likeness (QED) is 0.496. The first kappa shape index (κ1) is 12.2. The van der Waals surface area contributed by atoms with Gasteiger partial charge < -0.3 is 8.83 Å². The van der Waals surface area contributed by atoms with Gasteiger partial charge in [-0.05, 0) is 42.5 Å². The van der Waals surface area contributed by atoms with Gasteiger partial charge in [0.25, 0.3) is 0 Å². The fraction of sp³-hybridized carbons (Fsp3) is 0. The fourth-order valence-corrected chi connectivity index (χ4v) is 2.49. The van der Waals surface area contributed by atoms with Crippen molar-refractivity contribution in [2.75, 3.05) is 0 Å². The molecule has 3 nitrogen and oxygen atoms in total. The third kappa shape index (κ3) is 2.12. The van der Waals surface area contributed by atoms with Gasteiger partial charge in [-0.1, -0.05) is 23.7 Å². The van der Waals surface area contributed by atoms with Gasteiger partial charge in [-0.2, -0.15) is 0 Å². The number of fused-ring (bicyclic) bond motifs is 1. The molecule has 0 unspecified atom stereocenters. The molecule has 4 aromatic rings. The minimum atomic E-state index is 0.570. The number of hydrogen-bond donors (Lipinski definition) is 0. The van der Waals surface area contributed by atoms with Crippen LogP contribution >= 0.6 is 11.6 Å². The number of hydrogen-bond acceptors (Lipinski definition) is 3. The molecule has 0 N–H and O–H groups in total. The van der Waals surface area contributed by atoms with E-state index in [1.54, 1.807) is 6.26 Å². The van der Waals surface area contributed by atoms with Gasteiger partial charge in [0.15, 0.2) is 5.58 Å². The van der Waals surface area contributed by atoms with Crippen LogP contribution in [0.4, 0.5) is 0 Å². The molecule has 0 fully saturated rings.